The summed E-state index contributed by atoms with van der Waals surface area (Å²) >= 11 is 5.59. The third kappa shape index (κ3) is 3.84. The fourth-order valence-corrected chi connectivity index (χ4v) is 3.92. The minimum atomic E-state index is -0.315. The molecule has 3 aromatic heterocycles. The van der Waals surface area contributed by atoms with Crippen LogP contribution in [0, 0.1) is 0 Å². The van der Waals surface area contributed by atoms with Gasteiger partial charge in [0.15, 0.2) is 5.11 Å². The normalized spacial score (nSPS) is 18.5. The predicted molar refractivity (Wildman–Crippen MR) is 112 cm³/mol. The van der Waals surface area contributed by atoms with Gasteiger partial charge in [-0.25, -0.2) is 0 Å². The lowest BCUT2D eigenvalue weighted by Gasteiger charge is -2.28. The van der Waals surface area contributed by atoms with Gasteiger partial charge < -0.3 is 19.5 Å². The monoisotopic (exact) mass is 407 g/mol. The number of ether oxygens (including phenoxy) is 1. The zero-order valence-corrected chi connectivity index (χ0v) is 16.7. The van der Waals surface area contributed by atoms with E-state index in [4.69, 9.17) is 17.0 Å². The summed E-state index contributed by atoms with van der Waals surface area (Å²) in [7, 11) is 0. The number of esters is 1. The molecule has 1 fully saturated rings. The predicted octanol–water partition coefficient (Wildman–Crippen LogP) is 2.80. The van der Waals surface area contributed by atoms with Gasteiger partial charge in [-0.15, -0.1) is 0 Å². The van der Waals surface area contributed by atoms with E-state index in [2.05, 4.69) is 19.9 Å². The summed E-state index contributed by atoms with van der Waals surface area (Å²) in [5, 5.41) is 3.85. The Morgan fingerprint density at radius 1 is 1.17 bits per heavy atom. The van der Waals surface area contributed by atoms with Gasteiger partial charge in [-0.05, 0) is 55.5 Å². The van der Waals surface area contributed by atoms with Gasteiger partial charge in [-0.3, -0.25) is 14.8 Å². The average molecular weight is 407 g/mol. The number of carbonyl (C=O) groups is 1. The Hall–Kier alpha value is -3.26. The number of hydrogen-bond donors (Lipinski definition) is 1. The van der Waals surface area contributed by atoms with Gasteiger partial charge in [0.1, 0.15) is 6.54 Å². The third-order valence-corrected chi connectivity index (χ3v) is 5.18. The highest BCUT2D eigenvalue weighted by Crippen LogP contribution is 2.39. The number of pyridine rings is 2. The smallest absolute Gasteiger partial charge is 0.325 e. The molecule has 1 aliphatic heterocycles. The number of carbonyl (C=O) groups excluding carboxylic acids is 1. The van der Waals surface area contributed by atoms with Crippen LogP contribution >= 0.6 is 12.2 Å². The van der Waals surface area contributed by atoms with E-state index in [1.165, 1.54) is 0 Å². The molecular formula is C21H21N5O2S. The Morgan fingerprint density at radius 3 is 2.72 bits per heavy atom. The molecule has 1 N–H and O–H groups in total. The van der Waals surface area contributed by atoms with Gasteiger partial charge in [0, 0.05) is 36.2 Å². The van der Waals surface area contributed by atoms with Gasteiger partial charge >= 0.3 is 5.97 Å². The van der Waals surface area contributed by atoms with E-state index < -0.39 is 0 Å². The lowest BCUT2D eigenvalue weighted by Crippen LogP contribution is -2.36. The van der Waals surface area contributed by atoms with Crippen LogP contribution in [-0.4, -0.2) is 43.7 Å². The van der Waals surface area contributed by atoms with E-state index in [1.54, 1.807) is 25.5 Å². The molecule has 0 saturated carbocycles. The first kappa shape index (κ1) is 19.1. The maximum Gasteiger partial charge on any atom is 0.325 e. The van der Waals surface area contributed by atoms with Crippen LogP contribution in [0.15, 0.2) is 67.3 Å². The van der Waals surface area contributed by atoms with Crippen molar-refractivity contribution in [3.8, 4) is 5.69 Å². The summed E-state index contributed by atoms with van der Waals surface area (Å²) < 4.78 is 7.25. The van der Waals surface area contributed by atoms with Crippen LogP contribution in [-0.2, 0) is 9.53 Å². The molecule has 0 aromatic carbocycles. The van der Waals surface area contributed by atoms with E-state index in [1.807, 2.05) is 53.6 Å². The highest BCUT2D eigenvalue weighted by molar-refractivity contribution is 7.80. The lowest BCUT2D eigenvalue weighted by atomic mass is 10.0. The van der Waals surface area contributed by atoms with E-state index >= 15 is 0 Å². The average Bonchev–Trinajstić information content (AvgIpc) is 3.34. The molecule has 148 valence electrons. The quantitative estimate of drug-likeness (QED) is 0.498. The Bertz CT molecular complexity index is 993. The Labute approximate surface area is 174 Å². The largest absolute Gasteiger partial charge is 0.465 e. The molecule has 8 heteroatoms. The number of rotatable bonds is 6. The second-order valence-corrected chi connectivity index (χ2v) is 6.95. The maximum atomic E-state index is 12.3. The molecule has 3 aromatic rings. The highest BCUT2D eigenvalue weighted by atomic mass is 32.1. The van der Waals surface area contributed by atoms with E-state index in [0.717, 1.165) is 17.1 Å². The Morgan fingerprint density at radius 2 is 2.00 bits per heavy atom. The molecule has 1 saturated heterocycles. The summed E-state index contributed by atoms with van der Waals surface area (Å²) in [6.45, 7) is 2.19. The van der Waals surface area contributed by atoms with Crippen molar-refractivity contribution in [1.29, 1.82) is 0 Å². The fourth-order valence-electron chi connectivity index (χ4n) is 3.62. The molecular weight excluding hydrogens is 386 g/mol. The van der Waals surface area contributed by atoms with Crippen molar-refractivity contribution in [2.45, 2.75) is 19.0 Å². The third-order valence-electron chi connectivity index (χ3n) is 4.83. The first-order chi connectivity index (χ1) is 14.2. The topological polar surface area (TPSA) is 72.3 Å². The molecule has 0 aliphatic carbocycles. The van der Waals surface area contributed by atoms with Gasteiger partial charge in [0.05, 0.1) is 24.4 Å². The van der Waals surface area contributed by atoms with E-state index in [0.29, 0.717) is 11.7 Å². The first-order valence-corrected chi connectivity index (χ1v) is 9.81. The van der Waals surface area contributed by atoms with Crippen LogP contribution in [0.2, 0.25) is 0 Å². The number of hydrogen-bond acceptors (Lipinski definition) is 5. The number of nitrogens with zero attached hydrogens (tertiary/aromatic N) is 4. The van der Waals surface area contributed by atoms with Gasteiger partial charge in [-0.2, -0.15) is 0 Å². The van der Waals surface area contributed by atoms with Crippen molar-refractivity contribution in [2.75, 3.05) is 13.2 Å². The Balaban J connectivity index is 1.77. The van der Waals surface area contributed by atoms with Gasteiger partial charge in [0.2, 0.25) is 0 Å². The summed E-state index contributed by atoms with van der Waals surface area (Å²) in [6.07, 6.45) is 7.25. The van der Waals surface area contributed by atoms with Crippen LogP contribution in [0.1, 0.15) is 30.4 Å². The van der Waals surface area contributed by atoms with Crippen molar-refractivity contribution < 1.29 is 9.53 Å². The van der Waals surface area contributed by atoms with Crippen molar-refractivity contribution in [1.82, 2.24) is 24.8 Å². The summed E-state index contributed by atoms with van der Waals surface area (Å²) in [6, 6.07) is 13.2. The number of nitrogens with one attached hydrogen (secondary N) is 1. The molecule has 2 atom stereocenters. The van der Waals surface area contributed by atoms with Crippen LogP contribution < -0.4 is 5.32 Å². The van der Waals surface area contributed by atoms with E-state index in [9.17, 15) is 4.79 Å². The second kappa shape index (κ2) is 8.40. The molecule has 0 radical (unpaired) electrons. The standard InChI is InChI=1S/C21H21N5O2S/c1-2-28-18(27)14-26-20(19(24-21(26)29)16-6-3-4-10-23-16)17-7-5-13-25(17)15-8-11-22-12-9-15/h3-13,19-20H,2,14H2,1H3,(H,24,29)/t19-,20-/m1/s1. The molecule has 1 aliphatic rings. The Kier molecular flexibility index (Phi) is 5.53. The van der Waals surface area contributed by atoms with Gasteiger partial charge in [0.25, 0.3) is 0 Å². The van der Waals surface area contributed by atoms with Crippen LogP contribution in [0.5, 0.6) is 0 Å². The zero-order chi connectivity index (χ0) is 20.2. The second-order valence-electron chi connectivity index (χ2n) is 6.57. The van der Waals surface area contributed by atoms with Gasteiger partial charge in [-0.1, -0.05) is 6.07 Å². The molecule has 0 unspecified atom stereocenters. The van der Waals surface area contributed by atoms with Crippen LogP contribution in [0.25, 0.3) is 5.69 Å². The lowest BCUT2D eigenvalue weighted by molar-refractivity contribution is -0.143. The molecule has 0 spiro atoms. The fraction of sp³-hybridized carbons (Fsp3) is 0.238. The molecule has 29 heavy (non-hydrogen) atoms. The molecule has 4 rings (SSSR count). The van der Waals surface area contributed by atoms with Crippen molar-refractivity contribution >= 4 is 23.3 Å². The van der Waals surface area contributed by atoms with Crippen molar-refractivity contribution in [2.24, 2.45) is 0 Å². The van der Waals surface area contributed by atoms with E-state index in [-0.39, 0.29) is 24.6 Å². The minimum absolute atomic E-state index is 0.0647. The van der Waals surface area contributed by atoms with Crippen LogP contribution in [0.3, 0.4) is 0 Å². The SMILES string of the molecule is CCOC(=O)CN1C(=S)N[C@H](c2ccccn2)[C@H]1c1cccn1-c1ccncc1. The summed E-state index contributed by atoms with van der Waals surface area (Å²) in [5.41, 5.74) is 2.82. The zero-order valence-electron chi connectivity index (χ0n) is 15.9. The van der Waals surface area contributed by atoms with Crippen molar-refractivity contribution in [3.63, 3.8) is 0 Å². The number of aromatic nitrogens is 3. The number of thiocarbonyl (C=S) groups is 1. The first-order valence-electron chi connectivity index (χ1n) is 9.40. The molecule has 0 amide bonds. The minimum Gasteiger partial charge on any atom is -0.465 e. The molecule has 0 bridgehead atoms. The molecule has 4 heterocycles. The van der Waals surface area contributed by atoms with Crippen LogP contribution in [0.4, 0.5) is 0 Å². The maximum absolute atomic E-state index is 12.3. The summed E-state index contributed by atoms with van der Waals surface area (Å²) in [5.74, 6) is -0.315. The molecule has 7 nitrogen and oxygen atoms in total. The highest BCUT2D eigenvalue weighted by Gasteiger charge is 2.42. The van der Waals surface area contributed by atoms with Crippen molar-refractivity contribution in [3.05, 3.63) is 78.6 Å². The summed E-state index contributed by atoms with van der Waals surface area (Å²) in [4.78, 5) is 22.8.